The van der Waals surface area contributed by atoms with Gasteiger partial charge >= 0.3 is 5.69 Å². The Morgan fingerprint density at radius 2 is 2.32 bits per heavy atom. The highest BCUT2D eigenvalue weighted by Crippen LogP contribution is 2.29. The predicted molar refractivity (Wildman–Crippen MR) is 73.5 cm³/mol. The fraction of sp³-hybridized carbons (Fsp3) is 0.182. The minimum Gasteiger partial charge on any atom is -0.317 e. The number of nitrogens with one attached hydrogen (secondary N) is 1. The summed E-state index contributed by atoms with van der Waals surface area (Å²) in [4.78, 5) is 17.6. The van der Waals surface area contributed by atoms with Gasteiger partial charge < -0.3 is 4.57 Å². The van der Waals surface area contributed by atoms with E-state index >= 15 is 0 Å². The van der Waals surface area contributed by atoms with Crippen molar-refractivity contribution in [1.82, 2.24) is 24.3 Å². The molecule has 8 heteroatoms. The Labute approximate surface area is 117 Å². The molecule has 98 valence electrons. The van der Waals surface area contributed by atoms with Crippen LogP contribution < -0.4 is 5.69 Å². The van der Waals surface area contributed by atoms with E-state index in [1.54, 1.807) is 17.5 Å². The maximum atomic E-state index is 11.4. The zero-order valence-electron chi connectivity index (χ0n) is 10.00. The van der Waals surface area contributed by atoms with E-state index in [4.69, 9.17) is 11.6 Å². The van der Waals surface area contributed by atoms with Crippen molar-refractivity contribution in [3.05, 3.63) is 45.3 Å². The van der Waals surface area contributed by atoms with Crippen LogP contribution in [0.4, 0.5) is 0 Å². The first-order valence-corrected chi connectivity index (χ1v) is 6.70. The van der Waals surface area contributed by atoms with E-state index in [0.717, 1.165) is 15.4 Å². The average Bonchev–Trinajstić information content (AvgIpc) is 3.06. The number of hydrogen-bond acceptors (Lipinski definition) is 4. The molecule has 0 bridgehead atoms. The Kier molecular flexibility index (Phi) is 3.00. The van der Waals surface area contributed by atoms with E-state index < -0.39 is 0 Å². The first kappa shape index (κ1) is 12.2. The number of H-pyrrole nitrogens is 1. The molecule has 0 aliphatic carbocycles. The van der Waals surface area contributed by atoms with Crippen molar-refractivity contribution in [1.29, 1.82) is 0 Å². The van der Waals surface area contributed by atoms with Crippen LogP contribution >= 0.6 is 22.9 Å². The second-order valence-electron chi connectivity index (χ2n) is 4.03. The van der Waals surface area contributed by atoms with E-state index in [-0.39, 0.29) is 5.69 Å². The van der Waals surface area contributed by atoms with E-state index in [1.165, 1.54) is 10.9 Å². The molecule has 0 amide bonds. The third-order valence-corrected chi connectivity index (χ3v) is 4.23. The summed E-state index contributed by atoms with van der Waals surface area (Å²) >= 11 is 7.52. The van der Waals surface area contributed by atoms with Crippen LogP contribution in [-0.2, 0) is 13.6 Å². The van der Waals surface area contributed by atoms with Crippen LogP contribution in [-0.4, -0.2) is 24.3 Å². The summed E-state index contributed by atoms with van der Waals surface area (Å²) in [7, 11) is 1.87. The minimum absolute atomic E-state index is 0.210. The van der Waals surface area contributed by atoms with Crippen molar-refractivity contribution >= 4 is 22.9 Å². The number of aromatic nitrogens is 5. The summed E-state index contributed by atoms with van der Waals surface area (Å²) < 4.78 is 3.34. The fourth-order valence-electron chi connectivity index (χ4n) is 1.77. The van der Waals surface area contributed by atoms with Gasteiger partial charge in [-0.2, -0.15) is 5.10 Å². The summed E-state index contributed by atoms with van der Waals surface area (Å²) in [6.45, 7) is 0.506. The number of aromatic amines is 1. The summed E-state index contributed by atoms with van der Waals surface area (Å²) in [5.74, 6) is 0. The monoisotopic (exact) mass is 295 g/mol. The molecule has 3 rings (SSSR count). The topological polar surface area (TPSA) is 68.5 Å². The molecule has 6 nitrogen and oxygen atoms in total. The predicted octanol–water partition coefficient (Wildman–Crippen LogP) is 1.74. The van der Waals surface area contributed by atoms with Crippen molar-refractivity contribution < 1.29 is 0 Å². The van der Waals surface area contributed by atoms with Gasteiger partial charge in [0, 0.05) is 11.9 Å². The van der Waals surface area contributed by atoms with Gasteiger partial charge in [0.1, 0.15) is 6.33 Å². The van der Waals surface area contributed by atoms with Crippen LogP contribution in [0, 0.1) is 0 Å². The maximum Gasteiger partial charge on any atom is 0.343 e. The van der Waals surface area contributed by atoms with E-state index in [2.05, 4.69) is 15.2 Å². The molecule has 0 aromatic carbocycles. The highest BCUT2D eigenvalue weighted by Gasteiger charge is 2.10. The molecular formula is C11H10ClN5OS. The van der Waals surface area contributed by atoms with E-state index in [1.807, 2.05) is 23.7 Å². The minimum atomic E-state index is -0.210. The molecular weight excluding hydrogens is 286 g/mol. The summed E-state index contributed by atoms with van der Waals surface area (Å²) in [5.41, 5.74) is 0.749. The Hall–Kier alpha value is -1.86. The lowest BCUT2D eigenvalue weighted by atomic mass is 10.3. The number of hydrogen-bond donors (Lipinski definition) is 1. The average molecular weight is 296 g/mol. The Balaban J connectivity index is 1.90. The summed E-state index contributed by atoms with van der Waals surface area (Å²) in [5, 5.41) is 6.52. The SMILES string of the molecule is Cn1c(-c2ccc(Cn3cn[nH]c3=O)s2)cnc1Cl. The molecule has 1 N–H and O–H groups in total. The normalized spacial score (nSPS) is 11.1. The van der Waals surface area contributed by atoms with Gasteiger partial charge in [0.25, 0.3) is 0 Å². The molecule has 0 atom stereocenters. The zero-order valence-corrected chi connectivity index (χ0v) is 11.6. The molecule has 3 heterocycles. The standard InChI is InChI=1S/C11H10ClN5OS/c1-16-8(4-13-10(16)12)9-3-2-7(19-9)5-17-6-14-15-11(17)18/h2-4,6H,5H2,1H3,(H,15,18). The quantitative estimate of drug-likeness (QED) is 0.800. The number of imidazole rings is 1. The molecule has 0 saturated heterocycles. The first-order chi connectivity index (χ1) is 9.15. The van der Waals surface area contributed by atoms with E-state index in [9.17, 15) is 4.79 Å². The van der Waals surface area contributed by atoms with Crippen molar-refractivity contribution in [2.45, 2.75) is 6.54 Å². The van der Waals surface area contributed by atoms with Crippen LogP contribution in [0.25, 0.3) is 10.6 Å². The van der Waals surface area contributed by atoms with Crippen LogP contribution in [0.15, 0.2) is 29.5 Å². The van der Waals surface area contributed by atoms with Gasteiger partial charge in [-0.25, -0.2) is 14.9 Å². The highest BCUT2D eigenvalue weighted by atomic mass is 35.5. The second kappa shape index (κ2) is 4.67. The van der Waals surface area contributed by atoms with Gasteiger partial charge in [-0.3, -0.25) is 4.57 Å². The van der Waals surface area contributed by atoms with Crippen molar-refractivity contribution in [2.75, 3.05) is 0 Å². The molecule has 0 radical (unpaired) electrons. The van der Waals surface area contributed by atoms with Crippen LogP contribution in [0.1, 0.15) is 4.88 Å². The fourth-order valence-corrected chi connectivity index (χ4v) is 2.96. The van der Waals surface area contributed by atoms with E-state index in [0.29, 0.717) is 11.8 Å². The van der Waals surface area contributed by atoms with Crippen LogP contribution in [0.5, 0.6) is 0 Å². The van der Waals surface area contributed by atoms with Gasteiger partial charge in [-0.15, -0.1) is 11.3 Å². The molecule has 0 fully saturated rings. The van der Waals surface area contributed by atoms with Crippen molar-refractivity contribution in [3.8, 4) is 10.6 Å². The lowest BCUT2D eigenvalue weighted by Gasteiger charge is -1.99. The highest BCUT2D eigenvalue weighted by molar-refractivity contribution is 7.15. The van der Waals surface area contributed by atoms with Crippen LogP contribution in [0.3, 0.4) is 0 Å². The first-order valence-electron chi connectivity index (χ1n) is 5.51. The Morgan fingerprint density at radius 1 is 1.47 bits per heavy atom. The Bertz CT molecular complexity index is 768. The number of rotatable bonds is 3. The van der Waals surface area contributed by atoms with Gasteiger partial charge in [0.2, 0.25) is 5.28 Å². The largest absolute Gasteiger partial charge is 0.343 e. The number of nitrogens with zero attached hydrogens (tertiary/aromatic N) is 4. The van der Waals surface area contributed by atoms with Crippen molar-refractivity contribution in [2.24, 2.45) is 7.05 Å². The number of thiophene rings is 1. The van der Waals surface area contributed by atoms with Gasteiger partial charge in [0.15, 0.2) is 0 Å². The smallest absolute Gasteiger partial charge is 0.317 e. The molecule has 3 aromatic heterocycles. The molecule has 0 saturated carbocycles. The van der Waals surface area contributed by atoms with Crippen LogP contribution in [0.2, 0.25) is 5.28 Å². The molecule has 0 aliphatic heterocycles. The van der Waals surface area contributed by atoms with Gasteiger partial charge in [-0.1, -0.05) is 0 Å². The lowest BCUT2D eigenvalue weighted by molar-refractivity contribution is 0.772. The lowest BCUT2D eigenvalue weighted by Crippen LogP contribution is -2.16. The number of halogens is 1. The molecule has 19 heavy (non-hydrogen) atoms. The third-order valence-electron chi connectivity index (χ3n) is 2.79. The molecule has 0 aliphatic rings. The van der Waals surface area contributed by atoms with Gasteiger partial charge in [0.05, 0.1) is 23.3 Å². The second-order valence-corrected chi connectivity index (χ2v) is 5.53. The van der Waals surface area contributed by atoms with Crippen molar-refractivity contribution in [3.63, 3.8) is 0 Å². The molecule has 3 aromatic rings. The molecule has 0 spiro atoms. The molecule has 0 unspecified atom stereocenters. The Morgan fingerprint density at radius 3 is 2.95 bits per heavy atom. The van der Waals surface area contributed by atoms with Gasteiger partial charge in [-0.05, 0) is 23.7 Å². The summed E-state index contributed by atoms with van der Waals surface area (Å²) in [6.07, 6.45) is 3.23. The third kappa shape index (κ3) is 2.22. The maximum absolute atomic E-state index is 11.4. The zero-order chi connectivity index (χ0) is 13.4. The summed E-state index contributed by atoms with van der Waals surface area (Å²) in [6, 6.07) is 3.98.